The highest BCUT2D eigenvalue weighted by Crippen LogP contribution is 2.21. The Hall–Kier alpha value is -2.14. The Morgan fingerprint density at radius 1 is 1.04 bits per heavy atom. The molecule has 0 radical (unpaired) electrons. The van der Waals surface area contributed by atoms with Crippen molar-refractivity contribution in [1.82, 2.24) is 9.97 Å². The molecule has 1 aliphatic heterocycles. The van der Waals surface area contributed by atoms with Crippen LogP contribution in [0, 0.1) is 0 Å². The third-order valence-electron chi connectivity index (χ3n) is 3.91. The standard InChI is InChI=1S/C17H19ClN4O/c18-14-7-3-4-8-15(14)21-16(23)13-11-19-17(20-12-13)22-9-5-1-2-6-10-22/h3-4,7-8,11-12H,1-2,5-6,9-10H2,(H,21,23). The molecule has 1 aromatic heterocycles. The van der Waals surface area contributed by atoms with E-state index in [1.165, 1.54) is 12.8 Å². The summed E-state index contributed by atoms with van der Waals surface area (Å²) in [5.74, 6) is 0.432. The Bertz CT molecular complexity index is 667. The van der Waals surface area contributed by atoms with Crippen LogP contribution in [0.3, 0.4) is 0 Å². The van der Waals surface area contributed by atoms with Gasteiger partial charge in [-0.2, -0.15) is 0 Å². The van der Waals surface area contributed by atoms with E-state index in [1.807, 2.05) is 12.1 Å². The van der Waals surface area contributed by atoms with E-state index < -0.39 is 0 Å². The Kier molecular flexibility index (Phi) is 5.08. The highest BCUT2D eigenvalue weighted by Gasteiger charge is 2.14. The van der Waals surface area contributed by atoms with Crippen LogP contribution in [-0.4, -0.2) is 29.0 Å². The van der Waals surface area contributed by atoms with Crippen LogP contribution in [0.1, 0.15) is 36.0 Å². The normalized spacial score (nSPS) is 15.1. The number of nitrogens with one attached hydrogen (secondary N) is 1. The third kappa shape index (κ3) is 3.99. The minimum absolute atomic E-state index is 0.263. The molecule has 3 rings (SSSR count). The molecule has 0 unspecified atom stereocenters. The number of nitrogens with zero attached hydrogens (tertiary/aromatic N) is 3. The minimum Gasteiger partial charge on any atom is -0.341 e. The van der Waals surface area contributed by atoms with Crippen LogP contribution in [0.4, 0.5) is 11.6 Å². The molecule has 1 amide bonds. The lowest BCUT2D eigenvalue weighted by molar-refractivity contribution is 0.102. The van der Waals surface area contributed by atoms with Crippen LogP contribution < -0.4 is 10.2 Å². The number of hydrogen-bond acceptors (Lipinski definition) is 4. The number of carbonyl (C=O) groups is 1. The molecule has 2 heterocycles. The predicted octanol–water partition coefficient (Wildman–Crippen LogP) is 3.76. The van der Waals surface area contributed by atoms with Crippen molar-refractivity contribution in [3.05, 3.63) is 47.2 Å². The number of anilines is 2. The summed E-state index contributed by atoms with van der Waals surface area (Å²) in [5, 5.41) is 3.27. The fourth-order valence-corrected chi connectivity index (χ4v) is 2.81. The zero-order valence-corrected chi connectivity index (χ0v) is 13.6. The number of aromatic nitrogens is 2. The lowest BCUT2D eigenvalue weighted by Crippen LogP contribution is -2.26. The first-order valence-corrected chi connectivity index (χ1v) is 8.25. The summed E-state index contributed by atoms with van der Waals surface area (Å²) < 4.78 is 0. The van der Waals surface area contributed by atoms with E-state index >= 15 is 0 Å². The summed E-state index contributed by atoms with van der Waals surface area (Å²) in [4.78, 5) is 23.1. The molecule has 5 nitrogen and oxygen atoms in total. The van der Waals surface area contributed by atoms with Crippen molar-refractivity contribution >= 4 is 29.1 Å². The fraction of sp³-hybridized carbons (Fsp3) is 0.353. The van der Waals surface area contributed by atoms with Crippen molar-refractivity contribution in [2.75, 3.05) is 23.3 Å². The summed E-state index contributed by atoms with van der Waals surface area (Å²) in [6, 6.07) is 7.13. The summed E-state index contributed by atoms with van der Waals surface area (Å²) in [5.41, 5.74) is 0.999. The number of rotatable bonds is 3. The zero-order valence-electron chi connectivity index (χ0n) is 12.8. The molecule has 1 aliphatic rings. The number of hydrogen-bond donors (Lipinski definition) is 1. The Morgan fingerprint density at radius 3 is 2.35 bits per heavy atom. The first-order valence-electron chi connectivity index (χ1n) is 7.87. The van der Waals surface area contributed by atoms with Gasteiger partial charge in [-0.15, -0.1) is 0 Å². The van der Waals surface area contributed by atoms with E-state index in [2.05, 4.69) is 20.2 Å². The van der Waals surface area contributed by atoms with E-state index in [0.717, 1.165) is 25.9 Å². The maximum Gasteiger partial charge on any atom is 0.258 e. The van der Waals surface area contributed by atoms with Gasteiger partial charge in [-0.05, 0) is 25.0 Å². The van der Waals surface area contributed by atoms with Gasteiger partial charge < -0.3 is 10.2 Å². The highest BCUT2D eigenvalue weighted by molar-refractivity contribution is 6.33. The molecule has 1 N–H and O–H groups in total. The average Bonchev–Trinajstić information content (AvgIpc) is 2.86. The van der Waals surface area contributed by atoms with Gasteiger partial charge in [0, 0.05) is 25.5 Å². The van der Waals surface area contributed by atoms with Crippen LogP contribution in [0.15, 0.2) is 36.7 Å². The summed E-state index contributed by atoms with van der Waals surface area (Å²) >= 11 is 6.05. The van der Waals surface area contributed by atoms with E-state index in [4.69, 9.17) is 11.6 Å². The summed E-state index contributed by atoms with van der Waals surface area (Å²) in [7, 11) is 0. The summed E-state index contributed by atoms with van der Waals surface area (Å²) in [6.45, 7) is 1.95. The van der Waals surface area contributed by atoms with Crippen LogP contribution in [0.5, 0.6) is 0 Å². The Balaban J connectivity index is 1.69. The van der Waals surface area contributed by atoms with Crippen LogP contribution >= 0.6 is 11.6 Å². The Morgan fingerprint density at radius 2 is 1.70 bits per heavy atom. The quantitative estimate of drug-likeness (QED) is 0.930. The number of halogens is 1. The largest absolute Gasteiger partial charge is 0.341 e. The average molecular weight is 331 g/mol. The van der Waals surface area contributed by atoms with Gasteiger partial charge in [0.25, 0.3) is 5.91 Å². The van der Waals surface area contributed by atoms with Crippen molar-refractivity contribution in [3.63, 3.8) is 0 Å². The molecule has 1 saturated heterocycles. The van der Waals surface area contributed by atoms with Crippen LogP contribution in [0.25, 0.3) is 0 Å². The first kappa shape index (κ1) is 15.7. The maximum absolute atomic E-state index is 12.2. The third-order valence-corrected chi connectivity index (χ3v) is 4.24. The van der Waals surface area contributed by atoms with Crippen LogP contribution in [0.2, 0.25) is 5.02 Å². The molecule has 0 aliphatic carbocycles. The van der Waals surface area contributed by atoms with Gasteiger partial charge in [-0.1, -0.05) is 36.6 Å². The van der Waals surface area contributed by atoms with Crippen molar-refractivity contribution in [3.8, 4) is 0 Å². The van der Waals surface area contributed by atoms with Crippen molar-refractivity contribution < 1.29 is 4.79 Å². The van der Waals surface area contributed by atoms with E-state index in [-0.39, 0.29) is 5.91 Å². The van der Waals surface area contributed by atoms with E-state index in [0.29, 0.717) is 22.2 Å². The van der Waals surface area contributed by atoms with Crippen molar-refractivity contribution in [2.45, 2.75) is 25.7 Å². The SMILES string of the molecule is O=C(Nc1ccccc1Cl)c1cnc(N2CCCCCC2)nc1. The lowest BCUT2D eigenvalue weighted by atomic mass is 10.2. The molecule has 0 saturated carbocycles. The van der Waals surface area contributed by atoms with E-state index in [9.17, 15) is 4.79 Å². The number of amides is 1. The molecule has 1 aromatic carbocycles. The molecule has 0 spiro atoms. The topological polar surface area (TPSA) is 58.1 Å². The lowest BCUT2D eigenvalue weighted by Gasteiger charge is -2.19. The van der Waals surface area contributed by atoms with Gasteiger partial charge in [0.05, 0.1) is 16.3 Å². The zero-order chi connectivity index (χ0) is 16.1. The second-order valence-corrected chi connectivity index (χ2v) is 6.01. The number of carbonyl (C=O) groups excluding carboxylic acids is 1. The molecule has 0 atom stereocenters. The van der Waals surface area contributed by atoms with Crippen LogP contribution in [-0.2, 0) is 0 Å². The molecule has 1 fully saturated rings. The maximum atomic E-state index is 12.2. The van der Waals surface area contributed by atoms with Gasteiger partial charge in [0.15, 0.2) is 0 Å². The summed E-state index contributed by atoms with van der Waals surface area (Å²) in [6.07, 6.45) is 7.98. The Labute approximate surface area is 140 Å². The second-order valence-electron chi connectivity index (χ2n) is 5.61. The fourth-order valence-electron chi connectivity index (χ4n) is 2.63. The van der Waals surface area contributed by atoms with Gasteiger partial charge in [-0.25, -0.2) is 9.97 Å². The molecule has 23 heavy (non-hydrogen) atoms. The van der Waals surface area contributed by atoms with Crippen molar-refractivity contribution in [1.29, 1.82) is 0 Å². The van der Waals surface area contributed by atoms with Crippen molar-refractivity contribution in [2.24, 2.45) is 0 Å². The minimum atomic E-state index is -0.263. The van der Waals surface area contributed by atoms with Gasteiger partial charge >= 0.3 is 0 Å². The predicted molar refractivity (Wildman–Crippen MR) is 92.1 cm³/mol. The number of para-hydroxylation sites is 1. The molecule has 0 bridgehead atoms. The van der Waals surface area contributed by atoms with Gasteiger partial charge in [0.2, 0.25) is 5.95 Å². The smallest absolute Gasteiger partial charge is 0.258 e. The van der Waals surface area contributed by atoms with Gasteiger partial charge in [0.1, 0.15) is 0 Å². The molecular weight excluding hydrogens is 312 g/mol. The number of benzene rings is 1. The molecule has 6 heteroatoms. The highest BCUT2D eigenvalue weighted by atomic mass is 35.5. The molecule has 120 valence electrons. The van der Waals surface area contributed by atoms with Gasteiger partial charge in [-0.3, -0.25) is 4.79 Å². The monoisotopic (exact) mass is 330 g/mol. The second kappa shape index (κ2) is 7.42. The van der Waals surface area contributed by atoms with E-state index in [1.54, 1.807) is 24.5 Å². The first-order chi connectivity index (χ1) is 11.2. The molecule has 2 aromatic rings. The molecular formula is C17H19ClN4O.